The zero-order valence-electron chi connectivity index (χ0n) is 13.9. The van der Waals surface area contributed by atoms with Gasteiger partial charge in [-0.1, -0.05) is 30.3 Å². The summed E-state index contributed by atoms with van der Waals surface area (Å²) in [6.07, 6.45) is 2.44. The first-order valence-corrected chi connectivity index (χ1v) is 8.40. The van der Waals surface area contributed by atoms with Gasteiger partial charge in [0, 0.05) is 25.2 Å². The van der Waals surface area contributed by atoms with E-state index >= 15 is 0 Å². The minimum Gasteiger partial charge on any atom is -0.457 e. The lowest BCUT2D eigenvalue weighted by atomic mass is 10.0. The van der Waals surface area contributed by atoms with E-state index in [1.807, 2.05) is 42.5 Å². The summed E-state index contributed by atoms with van der Waals surface area (Å²) in [6, 6.07) is 18.1. The fourth-order valence-electron chi connectivity index (χ4n) is 3.16. The third kappa shape index (κ3) is 3.61. The number of hydrogen-bond acceptors (Lipinski definition) is 5. The van der Waals surface area contributed by atoms with Crippen molar-refractivity contribution in [3.8, 4) is 11.5 Å². The highest BCUT2D eigenvalue weighted by Crippen LogP contribution is 2.25. The van der Waals surface area contributed by atoms with Crippen molar-refractivity contribution in [3.05, 3.63) is 77.7 Å². The first-order valence-electron chi connectivity index (χ1n) is 8.40. The van der Waals surface area contributed by atoms with Crippen LogP contribution in [0.3, 0.4) is 0 Å². The first-order chi connectivity index (χ1) is 12.3. The van der Waals surface area contributed by atoms with E-state index in [0.717, 1.165) is 48.8 Å². The number of para-hydroxylation sites is 1. The number of nitrogens with zero attached hydrogens (tertiary/aromatic N) is 3. The molecule has 1 aromatic heterocycles. The number of benzene rings is 2. The second-order valence-electron chi connectivity index (χ2n) is 6.21. The zero-order valence-corrected chi connectivity index (χ0v) is 13.9. The number of anilines is 1. The van der Waals surface area contributed by atoms with Crippen LogP contribution in [0, 0.1) is 0 Å². The predicted octanol–water partition coefficient (Wildman–Crippen LogP) is 3.41. The van der Waals surface area contributed by atoms with E-state index in [2.05, 4.69) is 27.0 Å². The van der Waals surface area contributed by atoms with Gasteiger partial charge in [-0.3, -0.25) is 4.90 Å². The van der Waals surface area contributed by atoms with E-state index in [9.17, 15) is 0 Å². The number of aromatic nitrogens is 2. The van der Waals surface area contributed by atoms with Crippen molar-refractivity contribution >= 4 is 5.82 Å². The van der Waals surface area contributed by atoms with E-state index in [0.29, 0.717) is 5.82 Å². The molecule has 0 amide bonds. The van der Waals surface area contributed by atoms with E-state index < -0.39 is 0 Å². The fraction of sp³-hybridized carbons (Fsp3) is 0.200. The number of ether oxygens (including phenoxy) is 1. The van der Waals surface area contributed by atoms with Crippen LogP contribution >= 0.6 is 0 Å². The maximum absolute atomic E-state index is 5.95. The summed E-state index contributed by atoms with van der Waals surface area (Å²) in [7, 11) is 0. The molecule has 1 aliphatic rings. The average molecular weight is 332 g/mol. The van der Waals surface area contributed by atoms with Crippen LogP contribution < -0.4 is 10.5 Å². The smallest absolute Gasteiger partial charge is 0.130 e. The van der Waals surface area contributed by atoms with Gasteiger partial charge in [0.25, 0.3) is 0 Å². The van der Waals surface area contributed by atoms with Gasteiger partial charge in [-0.25, -0.2) is 9.97 Å². The van der Waals surface area contributed by atoms with E-state index in [-0.39, 0.29) is 0 Å². The molecule has 5 nitrogen and oxygen atoms in total. The Hall–Kier alpha value is -2.92. The Morgan fingerprint density at radius 2 is 1.84 bits per heavy atom. The molecule has 0 unspecified atom stereocenters. The zero-order chi connectivity index (χ0) is 17.1. The minimum atomic E-state index is 0.614. The maximum Gasteiger partial charge on any atom is 0.130 e. The Morgan fingerprint density at radius 3 is 2.72 bits per heavy atom. The Bertz CT molecular complexity index is 867. The summed E-state index contributed by atoms with van der Waals surface area (Å²) in [4.78, 5) is 10.8. The molecule has 3 aromatic rings. The molecule has 1 aliphatic heterocycles. The van der Waals surface area contributed by atoms with E-state index in [1.54, 1.807) is 6.33 Å². The standard InChI is InChI=1S/C20H20N4O/c21-20-18-9-10-24(13-19(18)22-14-23-20)12-15-5-4-8-17(11-15)25-16-6-2-1-3-7-16/h1-8,11,14H,9-10,12-13H2,(H2,21,22,23). The Morgan fingerprint density at radius 1 is 1.00 bits per heavy atom. The Kier molecular flexibility index (Phi) is 4.31. The van der Waals surface area contributed by atoms with Gasteiger partial charge in [-0.15, -0.1) is 0 Å². The summed E-state index contributed by atoms with van der Waals surface area (Å²) < 4.78 is 5.92. The fourth-order valence-corrected chi connectivity index (χ4v) is 3.16. The van der Waals surface area contributed by atoms with Gasteiger partial charge in [0.1, 0.15) is 23.6 Å². The molecule has 0 spiro atoms. The van der Waals surface area contributed by atoms with Gasteiger partial charge < -0.3 is 10.5 Å². The molecular weight excluding hydrogens is 312 g/mol. The quantitative estimate of drug-likeness (QED) is 0.793. The van der Waals surface area contributed by atoms with Crippen molar-refractivity contribution in [1.29, 1.82) is 0 Å². The molecule has 2 N–H and O–H groups in total. The normalized spacial score (nSPS) is 14.1. The van der Waals surface area contributed by atoms with E-state index in [4.69, 9.17) is 10.5 Å². The second kappa shape index (κ2) is 6.91. The monoisotopic (exact) mass is 332 g/mol. The lowest BCUT2D eigenvalue weighted by molar-refractivity contribution is 0.241. The SMILES string of the molecule is Nc1ncnc2c1CCN(Cc1cccc(Oc3ccccc3)c1)C2. The lowest BCUT2D eigenvalue weighted by Gasteiger charge is -2.28. The summed E-state index contributed by atoms with van der Waals surface area (Å²) in [5, 5.41) is 0. The molecule has 126 valence electrons. The number of hydrogen-bond donors (Lipinski definition) is 1. The molecule has 2 aromatic carbocycles. The minimum absolute atomic E-state index is 0.614. The van der Waals surface area contributed by atoms with Crippen LogP contribution in [-0.2, 0) is 19.5 Å². The van der Waals surface area contributed by atoms with Crippen molar-refractivity contribution in [1.82, 2.24) is 14.9 Å². The molecule has 0 fully saturated rings. The van der Waals surface area contributed by atoms with Crippen LogP contribution in [0.4, 0.5) is 5.82 Å². The summed E-state index contributed by atoms with van der Waals surface area (Å²) >= 11 is 0. The molecule has 0 atom stereocenters. The van der Waals surface area contributed by atoms with Gasteiger partial charge in [0.05, 0.1) is 5.69 Å². The molecule has 25 heavy (non-hydrogen) atoms. The average Bonchev–Trinajstić information content (AvgIpc) is 2.63. The van der Waals surface area contributed by atoms with Gasteiger partial charge in [0.15, 0.2) is 0 Å². The predicted molar refractivity (Wildman–Crippen MR) is 97.2 cm³/mol. The summed E-state index contributed by atoms with van der Waals surface area (Å²) in [5.41, 5.74) is 9.30. The van der Waals surface area contributed by atoms with Crippen molar-refractivity contribution in [2.45, 2.75) is 19.5 Å². The van der Waals surface area contributed by atoms with Crippen molar-refractivity contribution in [2.75, 3.05) is 12.3 Å². The summed E-state index contributed by atoms with van der Waals surface area (Å²) in [6.45, 7) is 2.61. The third-order valence-corrected chi connectivity index (χ3v) is 4.40. The summed E-state index contributed by atoms with van der Waals surface area (Å²) in [5.74, 6) is 2.31. The van der Waals surface area contributed by atoms with Crippen LogP contribution in [-0.4, -0.2) is 21.4 Å². The lowest BCUT2D eigenvalue weighted by Crippen LogP contribution is -2.31. The molecule has 0 radical (unpaired) electrons. The highest BCUT2D eigenvalue weighted by Gasteiger charge is 2.19. The van der Waals surface area contributed by atoms with Gasteiger partial charge in [0.2, 0.25) is 0 Å². The Labute approximate surface area is 147 Å². The van der Waals surface area contributed by atoms with Crippen molar-refractivity contribution < 1.29 is 4.74 Å². The first kappa shape index (κ1) is 15.6. The third-order valence-electron chi connectivity index (χ3n) is 4.40. The van der Waals surface area contributed by atoms with Gasteiger partial charge >= 0.3 is 0 Å². The molecular formula is C20H20N4O. The highest BCUT2D eigenvalue weighted by atomic mass is 16.5. The van der Waals surface area contributed by atoms with Crippen molar-refractivity contribution in [3.63, 3.8) is 0 Å². The number of nitrogens with two attached hydrogens (primary N) is 1. The molecule has 0 saturated heterocycles. The topological polar surface area (TPSA) is 64.3 Å². The molecule has 0 bridgehead atoms. The van der Waals surface area contributed by atoms with Crippen LogP contribution in [0.15, 0.2) is 60.9 Å². The number of fused-ring (bicyclic) bond motifs is 1. The van der Waals surface area contributed by atoms with Crippen molar-refractivity contribution in [2.24, 2.45) is 0 Å². The number of rotatable bonds is 4. The molecule has 5 heteroatoms. The van der Waals surface area contributed by atoms with Crippen LogP contribution in [0.2, 0.25) is 0 Å². The molecule has 2 heterocycles. The molecule has 0 aliphatic carbocycles. The molecule has 4 rings (SSSR count). The van der Waals surface area contributed by atoms with Crippen LogP contribution in [0.25, 0.3) is 0 Å². The largest absolute Gasteiger partial charge is 0.457 e. The second-order valence-corrected chi connectivity index (χ2v) is 6.21. The van der Waals surface area contributed by atoms with Crippen LogP contribution in [0.1, 0.15) is 16.8 Å². The molecule has 0 saturated carbocycles. The van der Waals surface area contributed by atoms with Gasteiger partial charge in [-0.05, 0) is 36.2 Å². The van der Waals surface area contributed by atoms with E-state index in [1.165, 1.54) is 5.56 Å². The Balaban J connectivity index is 1.46. The highest BCUT2D eigenvalue weighted by molar-refractivity contribution is 5.42. The van der Waals surface area contributed by atoms with Gasteiger partial charge in [-0.2, -0.15) is 0 Å². The number of nitrogen functional groups attached to an aromatic ring is 1. The van der Waals surface area contributed by atoms with Crippen LogP contribution in [0.5, 0.6) is 11.5 Å². The maximum atomic E-state index is 5.95.